The molecule has 0 aliphatic carbocycles. The number of nitrogens with zero attached hydrogens (tertiary/aromatic N) is 3. The molecule has 5 rings (SSSR count). The first-order valence-corrected chi connectivity index (χ1v) is 10.4. The van der Waals surface area contributed by atoms with E-state index >= 15 is 0 Å². The van der Waals surface area contributed by atoms with Crippen molar-refractivity contribution in [2.24, 2.45) is 0 Å². The van der Waals surface area contributed by atoms with E-state index in [2.05, 4.69) is 69.5 Å². The van der Waals surface area contributed by atoms with Crippen LogP contribution in [-0.2, 0) is 17.9 Å². The zero-order valence-corrected chi connectivity index (χ0v) is 17.0. The minimum Gasteiger partial charge on any atom is -0.377 e. The van der Waals surface area contributed by atoms with Crippen molar-refractivity contribution in [3.8, 4) is 0 Å². The van der Waals surface area contributed by atoms with Gasteiger partial charge in [-0.1, -0.05) is 48.5 Å². The Kier molecular flexibility index (Phi) is 5.09. The van der Waals surface area contributed by atoms with E-state index < -0.39 is 0 Å². The fourth-order valence-electron chi connectivity index (χ4n) is 4.06. The van der Waals surface area contributed by atoms with E-state index in [1.807, 2.05) is 4.57 Å². The summed E-state index contributed by atoms with van der Waals surface area (Å²) in [6, 6.07) is 19.1. The molecule has 0 unspecified atom stereocenters. The van der Waals surface area contributed by atoms with Gasteiger partial charge in [0.05, 0.1) is 12.9 Å². The zero-order chi connectivity index (χ0) is 21.2. The molecule has 0 aliphatic rings. The average Bonchev–Trinajstić information content (AvgIpc) is 3.18. The van der Waals surface area contributed by atoms with Crippen LogP contribution in [-0.4, -0.2) is 26.1 Å². The van der Waals surface area contributed by atoms with E-state index in [4.69, 9.17) is 10.5 Å². The highest BCUT2D eigenvalue weighted by Gasteiger charge is 2.10. The van der Waals surface area contributed by atoms with Gasteiger partial charge in [-0.05, 0) is 46.0 Å². The van der Waals surface area contributed by atoms with Crippen molar-refractivity contribution < 1.29 is 4.74 Å². The molecule has 0 spiro atoms. The number of imidazole rings is 1. The predicted octanol–water partition coefficient (Wildman–Crippen LogP) is 4.01. The summed E-state index contributed by atoms with van der Waals surface area (Å²) in [5.74, 6) is 0.102. The minimum absolute atomic E-state index is 0.102. The van der Waals surface area contributed by atoms with E-state index in [1.165, 1.54) is 27.1 Å². The number of unbranched alkanes of at least 4 members (excludes halogenated alkanes) is 1. The smallest absolute Gasteiger partial charge is 0.280 e. The number of fused-ring (bicyclic) bond motifs is 3. The van der Waals surface area contributed by atoms with Crippen LogP contribution in [0.4, 0.5) is 5.95 Å². The number of anilines is 1. The van der Waals surface area contributed by atoms with Gasteiger partial charge in [0.15, 0.2) is 11.2 Å². The summed E-state index contributed by atoms with van der Waals surface area (Å²) in [7, 11) is 0. The lowest BCUT2D eigenvalue weighted by Crippen LogP contribution is -2.12. The van der Waals surface area contributed by atoms with Gasteiger partial charge >= 0.3 is 0 Å². The van der Waals surface area contributed by atoms with Gasteiger partial charge in [-0.3, -0.25) is 9.78 Å². The maximum atomic E-state index is 11.9. The molecule has 0 fully saturated rings. The third kappa shape index (κ3) is 3.75. The van der Waals surface area contributed by atoms with Gasteiger partial charge < -0.3 is 15.0 Å². The fraction of sp³-hybridized carbons (Fsp3) is 0.208. The molecule has 0 saturated heterocycles. The molecular formula is C24H23N5O2. The molecule has 0 atom stereocenters. The van der Waals surface area contributed by atoms with Crippen LogP contribution in [0.25, 0.3) is 32.7 Å². The first-order chi connectivity index (χ1) is 15.2. The Hall–Kier alpha value is -3.71. The molecule has 7 heteroatoms. The Morgan fingerprint density at radius 3 is 2.45 bits per heavy atom. The summed E-state index contributed by atoms with van der Waals surface area (Å²) < 4.78 is 7.93. The third-order valence-electron chi connectivity index (χ3n) is 5.56. The van der Waals surface area contributed by atoms with Crippen LogP contribution in [0.5, 0.6) is 0 Å². The number of aromatic nitrogens is 4. The van der Waals surface area contributed by atoms with E-state index in [0.29, 0.717) is 30.9 Å². The quantitative estimate of drug-likeness (QED) is 0.310. The number of benzene rings is 3. The zero-order valence-electron chi connectivity index (χ0n) is 17.0. The number of aromatic amines is 1. The molecule has 156 valence electrons. The summed E-state index contributed by atoms with van der Waals surface area (Å²) >= 11 is 0. The molecule has 2 aromatic heterocycles. The Labute approximate surface area is 178 Å². The molecule has 0 aliphatic heterocycles. The number of hydrogen-bond donors (Lipinski definition) is 2. The number of rotatable bonds is 7. The summed E-state index contributed by atoms with van der Waals surface area (Å²) in [6.07, 6.45) is 3.41. The minimum atomic E-state index is -0.313. The summed E-state index contributed by atoms with van der Waals surface area (Å²) in [5.41, 5.74) is 7.40. The molecule has 5 aromatic rings. The number of H-pyrrole nitrogens is 1. The van der Waals surface area contributed by atoms with E-state index in [9.17, 15) is 4.79 Å². The highest BCUT2D eigenvalue weighted by Crippen LogP contribution is 2.29. The molecule has 7 nitrogen and oxygen atoms in total. The van der Waals surface area contributed by atoms with Crippen molar-refractivity contribution in [3.63, 3.8) is 0 Å². The van der Waals surface area contributed by atoms with Gasteiger partial charge in [-0.15, -0.1) is 0 Å². The van der Waals surface area contributed by atoms with Crippen molar-refractivity contribution in [3.05, 3.63) is 76.8 Å². The number of nitrogen functional groups attached to an aromatic ring is 1. The van der Waals surface area contributed by atoms with Crippen molar-refractivity contribution in [2.75, 3.05) is 12.3 Å². The Bertz CT molecular complexity index is 1380. The maximum Gasteiger partial charge on any atom is 0.280 e. The molecule has 0 amide bonds. The van der Waals surface area contributed by atoms with E-state index in [-0.39, 0.29) is 11.5 Å². The topological polar surface area (TPSA) is 98.8 Å². The monoisotopic (exact) mass is 413 g/mol. The second-order valence-corrected chi connectivity index (χ2v) is 7.62. The average molecular weight is 413 g/mol. The first-order valence-electron chi connectivity index (χ1n) is 10.4. The Balaban J connectivity index is 1.23. The molecule has 0 bridgehead atoms. The van der Waals surface area contributed by atoms with Crippen LogP contribution in [0.1, 0.15) is 18.4 Å². The fourth-order valence-corrected chi connectivity index (χ4v) is 4.06. The first kappa shape index (κ1) is 19.3. The van der Waals surface area contributed by atoms with Crippen LogP contribution in [0.2, 0.25) is 0 Å². The van der Waals surface area contributed by atoms with Gasteiger partial charge in [0, 0.05) is 13.2 Å². The van der Waals surface area contributed by atoms with Gasteiger partial charge in [0.2, 0.25) is 5.95 Å². The van der Waals surface area contributed by atoms with Crippen LogP contribution in [0, 0.1) is 0 Å². The number of nitrogens with one attached hydrogen (secondary N) is 1. The van der Waals surface area contributed by atoms with Crippen LogP contribution in [0.3, 0.4) is 0 Å². The van der Waals surface area contributed by atoms with Crippen LogP contribution in [0.15, 0.2) is 65.7 Å². The number of aryl methyl sites for hydroxylation is 1. The number of nitrogens with two attached hydrogens (primary N) is 1. The summed E-state index contributed by atoms with van der Waals surface area (Å²) in [5, 5.41) is 4.93. The van der Waals surface area contributed by atoms with E-state index in [0.717, 1.165) is 12.8 Å². The highest BCUT2D eigenvalue weighted by molar-refractivity contribution is 6.02. The Morgan fingerprint density at radius 2 is 1.71 bits per heavy atom. The molecular weight excluding hydrogens is 390 g/mol. The second kappa shape index (κ2) is 8.20. The lowest BCUT2D eigenvalue weighted by Gasteiger charge is -2.12. The summed E-state index contributed by atoms with van der Waals surface area (Å²) in [6.45, 7) is 1.93. The summed E-state index contributed by atoms with van der Waals surface area (Å²) in [4.78, 5) is 22.7. The van der Waals surface area contributed by atoms with Crippen LogP contribution >= 0.6 is 0 Å². The van der Waals surface area contributed by atoms with Gasteiger partial charge in [0.1, 0.15) is 0 Å². The molecule has 2 heterocycles. The molecule has 31 heavy (non-hydrogen) atoms. The molecule has 0 radical (unpaired) electrons. The Morgan fingerprint density at radius 1 is 1.00 bits per heavy atom. The maximum absolute atomic E-state index is 11.9. The second-order valence-electron chi connectivity index (χ2n) is 7.62. The molecule has 3 N–H and O–H groups in total. The van der Waals surface area contributed by atoms with Crippen molar-refractivity contribution in [2.45, 2.75) is 26.0 Å². The van der Waals surface area contributed by atoms with Gasteiger partial charge in [-0.2, -0.15) is 4.98 Å². The largest absolute Gasteiger partial charge is 0.377 e. The van der Waals surface area contributed by atoms with Gasteiger partial charge in [0.25, 0.3) is 5.56 Å². The van der Waals surface area contributed by atoms with Crippen molar-refractivity contribution in [1.82, 2.24) is 19.5 Å². The molecule has 0 saturated carbocycles. The van der Waals surface area contributed by atoms with E-state index in [1.54, 1.807) is 6.33 Å². The lowest BCUT2D eigenvalue weighted by molar-refractivity contribution is 0.118. The van der Waals surface area contributed by atoms with Crippen molar-refractivity contribution in [1.29, 1.82) is 0 Å². The number of ether oxygens (including phenoxy) is 1. The lowest BCUT2D eigenvalue weighted by atomic mass is 9.97. The van der Waals surface area contributed by atoms with Crippen molar-refractivity contribution >= 4 is 38.7 Å². The van der Waals surface area contributed by atoms with Crippen LogP contribution < -0.4 is 11.3 Å². The van der Waals surface area contributed by atoms with Gasteiger partial charge in [-0.25, -0.2) is 4.98 Å². The molecule has 3 aromatic carbocycles. The number of hydrogen-bond acceptors (Lipinski definition) is 5. The highest BCUT2D eigenvalue weighted by atomic mass is 16.5. The predicted molar refractivity (Wildman–Crippen MR) is 123 cm³/mol. The SMILES string of the molecule is Nc1nc2c(ncn2CCCCOCc2c3ccccc3cc3ccccc23)c(=O)[nH]1. The standard InChI is InChI=1S/C24H23N5O2/c25-24-27-22-21(23(30)28-24)26-15-29(22)11-5-6-12-31-14-20-18-9-3-1-7-16(18)13-17-8-2-4-10-19(17)20/h1-4,7-10,13,15H,5-6,11-12,14H2,(H3,25,27,28,30). The normalized spacial score (nSPS) is 11.6. The third-order valence-corrected chi connectivity index (χ3v) is 5.56.